The zero-order valence-corrected chi connectivity index (χ0v) is 13.6. The van der Waals surface area contributed by atoms with Crippen molar-refractivity contribution in [3.8, 4) is 11.3 Å². The third-order valence-corrected chi connectivity index (χ3v) is 3.89. The van der Waals surface area contributed by atoms with Gasteiger partial charge in [0.15, 0.2) is 5.65 Å². The van der Waals surface area contributed by atoms with Crippen LogP contribution in [0.25, 0.3) is 16.9 Å². The summed E-state index contributed by atoms with van der Waals surface area (Å²) in [5, 5.41) is 11.5. The summed E-state index contributed by atoms with van der Waals surface area (Å²) in [6.45, 7) is 1.77. The summed E-state index contributed by atoms with van der Waals surface area (Å²) < 4.78 is 1.72. The lowest BCUT2D eigenvalue weighted by Gasteiger charge is -2.11. The first kappa shape index (κ1) is 15.8. The Morgan fingerprint density at radius 2 is 2.09 bits per heavy atom. The van der Waals surface area contributed by atoms with Gasteiger partial charge in [0.1, 0.15) is 13.7 Å². The van der Waals surface area contributed by atoms with E-state index in [1.807, 2.05) is 37.4 Å². The summed E-state index contributed by atoms with van der Waals surface area (Å²) in [7, 11) is 7.93. The molecule has 0 aliphatic rings. The number of anilines is 1. The molecule has 0 fully saturated rings. The van der Waals surface area contributed by atoms with Gasteiger partial charge in [0.25, 0.3) is 0 Å². The van der Waals surface area contributed by atoms with Crippen molar-refractivity contribution < 1.29 is 0 Å². The van der Waals surface area contributed by atoms with Gasteiger partial charge in [-0.1, -0.05) is 29.8 Å². The first-order chi connectivity index (χ1) is 11.2. The van der Waals surface area contributed by atoms with Crippen LogP contribution < -0.4 is 16.1 Å². The minimum atomic E-state index is 0.539. The van der Waals surface area contributed by atoms with Gasteiger partial charge in [0.2, 0.25) is 0 Å². The van der Waals surface area contributed by atoms with E-state index < -0.39 is 0 Å². The topological polar surface area (TPSA) is 54.2 Å². The Balaban J connectivity index is 2.02. The molecule has 0 atom stereocenters. The number of benzene rings is 1. The van der Waals surface area contributed by atoms with Gasteiger partial charge in [-0.25, -0.2) is 4.98 Å². The number of fused-ring (bicyclic) bond motifs is 1. The zero-order valence-electron chi connectivity index (χ0n) is 12.9. The molecule has 116 valence electrons. The zero-order chi connectivity index (χ0) is 16.2. The van der Waals surface area contributed by atoms with Crippen LogP contribution in [0, 0.1) is 0 Å². The Hall–Kier alpha value is -2.05. The maximum Gasteiger partial charge on any atom is 0.150 e. The summed E-state index contributed by atoms with van der Waals surface area (Å²) in [6.07, 6.45) is 2.61. The van der Waals surface area contributed by atoms with E-state index in [1.165, 1.54) is 0 Å². The van der Waals surface area contributed by atoms with Crippen LogP contribution in [0.5, 0.6) is 0 Å². The van der Waals surface area contributed by atoms with Crippen molar-refractivity contribution in [2.24, 2.45) is 0 Å². The Labute approximate surface area is 141 Å². The molecular weight excluding hydrogens is 308 g/mol. The second-order valence-electron chi connectivity index (χ2n) is 5.23. The Morgan fingerprint density at radius 1 is 1.26 bits per heavy atom. The average Bonchev–Trinajstić information content (AvgIpc) is 2.93. The van der Waals surface area contributed by atoms with E-state index in [9.17, 15) is 0 Å². The van der Waals surface area contributed by atoms with E-state index in [-0.39, 0.29) is 0 Å². The predicted molar refractivity (Wildman–Crippen MR) is 95.9 cm³/mol. The van der Waals surface area contributed by atoms with E-state index in [0.717, 1.165) is 36.6 Å². The molecule has 2 heterocycles. The molecule has 2 radical (unpaired) electrons. The minimum absolute atomic E-state index is 0.539. The first-order valence-electron chi connectivity index (χ1n) is 7.48. The highest BCUT2D eigenvalue weighted by atomic mass is 35.5. The van der Waals surface area contributed by atoms with Crippen LogP contribution in [0.3, 0.4) is 0 Å². The molecule has 23 heavy (non-hydrogen) atoms. The van der Waals surface area contributed by atoms with Crippen LogP contribution >= 0.6 is 11.6 Å². The fraction of sp³-hybridized carbons (Fsp3) is 0.250. The third-order valence-electron chi connectivity index (χ3n) is 3.56. The molecule has 0 unspecified atom stereocenters. The van der Waals surface area contributed by atoms with Crippen molar-refractivity contribution in [3.63, 3.8) is 0 Å². The normalized spacial score (nSPS) is 11.0. The summed E-state index contributed by atoms with van der Waals surface area (Å²) in [5.74, 6) is 0.845. The largest absolute Gasteiger partial charge is 0.370 e. The number of rotatable bonds is 6. The minimum Gasteiger partial charge on any atom is -0.370 e. The molecule has 2 aromatic heterocycles. The van der Waals surface area contributed by atoms with Gasteiger partial charge in [-0.3, -0.25) is 0 Å². The van der Waals surface area contributed by atoms with Crippen molar-refractivity contribution in [1.82, 2.24) is 19.9 Å². The molecule has 2 N–H and O–H groups in total. The van der Waals surface area contributed by atoms with Crippen LogP contribution in [-0.2, 0) is 0 Å². The third kappa shape index (κ3) is 3.33. The van der Waals surface area contributed by atoms with E-state index >= 15 is 0 Å². The van der Waals surface area contributed by atoms with Gasteiger partial charge in [-0.2, -0.15) is 9.61 Å². The van der Waals surface area contributed by atoms with E-state index in [2.05, 4.69) is 20.7 Å². The second-order valence-corrected chi connectivity index (χ2v) is 5.63. The van der Waals surface area contributed by atoms with Crippen molar-refractivity contribution >= 4 is 36.4 Å². The summed E-state index contributed by atoms with van der Waals surface area (Å²) in [5.41, 5.74) is 2.80. The fourth-order valence-corrected chi connectivity index (χ4v) is 2.63. The van der Waals surface area contributed by atoms with E-state index in [1.54, 1.807) is 10.7 Å². The molecule has 0 bridgehead atoms. The fourth-order valence-electron chi connectivity index (χ4n) is 2.39. The molecule has 0 spiro atoms. The van der Waals surface area contributed by atoms with Crippen LogP contribution in [0.2, 0.25) is 5.02 Å². The first-order valence-corrected chi connectivity index (χ1v) is 7.86. The van der Waals surface area contributed by atoms with Crippen LogP contribution in [-0.4, -0.2) is 42.6 Å². The van der Waals surface area contributed by atoms with Crippen molar-refractivity contribution in [2.45, 2.75) is 6.42 Å². The number of halogens is 1. The standard InChI is InChI=1S/C16H17BClN5/c1-19-7-4-8-20-15-9-14(11-5-2-3-6-13(11)18)22-16-12(17)10-21-23(15)16/h2-3,5-6,9-10,19-20H,4,7-8H2,1H3. The van der Waals surface area contributed by atoms with E-state index in [4.69, 9.17) is 19.4 Å². The molecule has 0 aliphatic heterocycles. The van der Waals surface area contributed by atoms with Crippen molar-refractivity contribution in [3.05, 3.63) is 41.6 Å². The van der Waals surface area contributed by atoms with Crippen molar-refractivity contribution in [2.75, 3.05) is 25.5 Å². The number of hydrogen-bond acceptors (Lipinski definition) is 4. The molecule has 0 saturated heterocycles. The summed E-state index contributed by atoms with van der Waals surface area (Å²) in [6, 6.07) is 9.57. The molecule has 7 heteroatoms. The highest BCUT2D eigenvalue weighted by Crippen LogP contribution is 2.28. The molecule has 3 aromatic rings. The number of aromatic nitrogens is 3. The van der Waals surface area contributed by atoms with Gasteiger partial charge in [0, 0.05) is 29.4 Å². The molecular formula is C16H17BClN5. The van der Waals surface area contributed by atoms with Gasteiger partial charge >= 0.3 is 0 Å². The maximum atomic E-state index is 6.30. The van der Waals surface area contributed by atoms with Crippen molar-refractivity contribution in [1.29, 1.82) is 0 Å². The molecule has 1 aromatic carbocycles. The SMILES string of the molecule is [B]c1cnn2c(NCCCNC)cc(-c3ccccc3Cl)nc12. The van der Waals surface area contributed by atoms with Gasteiger partial charge in [-0.05, 0) is 31.5 Å². The molecule has 3 rings (SSSR count). The van der Waals surface area contributed by atoms with Crippen LogP contribution in [0.4, 0.5) is 5.82 Å². The molecule has 5 nitrogen and oxygen atoms in total. The Kier molecular flexibility index (Phi) is 4.83. The average molecular weight is 326 g/mol. The highest BCUT2D eigenvalue weighted by Gasteiger charge is 2.12. The van der Waals surface area contributed by atoms with Gasteiger partial charge in [0.05, 0.1) is 5.69 Å². The second kappa shape index (κ2) is 7.02. The lowest BCUT2D eigenvalue weighted by atomic mass is 10.0. The molecule has 0 aliphatic carbocycles. The monoisotopic (exact) mass is 325 g/mol. The van der Waals surface area contributed by atoms with Gasteiger partial charge in [-0.15, -0.1) is 0 Å². The van der Waals surface area contributed by atoms with Gasteiger partial charge < -0.3 is 10.6 Å². The maximum absolute atomic E-state index is 6.30. The summed E-state index contributed by atoms with van der Waals surface area (Å²) in [4.78, 5) is 4.61. The molecule has 0 amide bonds. The number of nitrogens with one attached hydrogen (secondary N) is 2. The summed E-state index contributed by atoms with van der Waals surface area (Å²) >= 11 is 6.30. The quantitative estimate of drug-likeness (QED) is 0.536. The Bertz CT molecular complexity index is 817. The lowest BCUT2D eigenvalue weighted by Crippen LogP contribution is -2.15. The number of nitrogens with zero attached hydrogens (tertiary/aromatic N) is 3. The smallest absolute Gasteiger partial charge is 0.150 e. The molecule has 0 saturated carbocycles. The number of hydrogen-bond donors (Lipinski definition) is 2. The highest BCUT2D eigenvalue weighted by molar-refractivity contribution is 6.36. The Morgan fingerprint density at radius 3 is 2.87 bits per heavy atom. The van der Waals surface area contributed by atoms with Crippen LogP contribution in [0.1, 0.15) is 6.42 Å². The van der Waals surface area contributed by atoms with E-state index in [0.29, 0.717) is 16.1 Å². The lowest BCUT2D eigenvalue weighted by molar-refractivity contribution is 0.744. The van der Waals surface area contributed by atoms with Crippen LogP contribution in [0.15, 0.2) is 36.5 Å². The predicted octanol–water partition coefficient (Wildman–Crippen LogP) is 1.86.